The molecule has 1 atom stereocenters. The molecule has 1 aromatic rings. The Kier molecular flexibility index (Phi) is 7.95. The molecule has 4 N–H and O–H groups in total. The number of hydrogen-bond donors (Lipinski definition) is 3. The van der Waals surface area contributed by atoms with E-state index in [1.807, 2.05) is 0 Å². The van der Waals surface area contributed by atoms with Gasteiger partial charge in [0.15, 0.2) is 0 Å². The number of methoxy groups -OCH3 is 2. The molecule has 1 aromatic carbocycles. The van der Waals surface area contributed by atoms with Gasteiger partial charge in [-0.3, -0.25) is 9.59 Å². The van der Waals surface area contributed by atoms with Crippen LogP contribution in [0.2, 0.25) is 0 Å². The first-order chi connectivity index (χ1) is 10.6. The smallest absolute Gasteiger partial charge is 0.251 e. The van der Waals surface area contributed by atoms with Crippen LogP contribution in [-0.4, -0.2) is 51.8 Å². The van der Waals surface area contributed by atoms with Crippen LogP contribution in [0.4, 0.5) is 0 Å². The third-order valence-corrected chi connectivity index (χ3v) is 3.07. The van der Waals surface area contributed by atoms with E-state index < -0.39 is 0 Å². The third kappa shape index (κ3) is 6.11. The van der Waals surface area contributed by atoms with Gasteiger partial charge in [-0.25, -0.2) is 0 Å². The Balaban J connectivity index is 2.29. The van der Waals surface area contributed by atoms with E-state index in [0.717, 1.165) is 0 Å². The molecular weight excluding hydrogens is 286 g/mol. The maximum atomic E-state index is 11.9. The molecule has 1 rings (SSSR count). The molecule has 0 aliphatic carbocycles. The quantitative estimate of drug-likeness (QED) is 0.553. The Morgan fingerprint density at radius 1 is 1.23 bits per heavy atom. The van der Waals surface area contributed by atoms with Crippen molar-refractivity contribution >= 4 is 11.8 Å². The van der Waals surface area contributed by atoms with Crippen molar-refractivity contribution in [2.45, 2.75) is 12.5 Å². The summed E-state index contributed by atoms with van der Waals surface area (Å²) in [6.07, 6.45) is -0.0806. The second kappa shape index (κ2) is 9.75. The lowest BCUT2D eigenvalue weighted by Crippen LogP contribution is -2.37. The molecular formula is C15H23N3O4. The number of hydrogen-bond acceptors (Lipinski definition) is 5. The van der Waals surface area contributed by atoms with Crippen molar-refractivity contribution in [2.24, 2.45) is 5.73 Å². The third-order valence-electron chi connectivity index (χ3n) is 3.07. The lowest BCUT2D eigenvalue weighted by atomic mass is 10.2. The van der Waals surface area contributed by atoms with Gasteiger partial charge in [0.2, 0.25) is 5.91 Å². The van der Waals surface area contributed by atoms with Gasteiger partial charge in [-0.15, -0.1) is 0 Å². The van der Waals surface area contributed by atoms with Gasteiger partial charge in [0, 0.05) is 32.3 Å². The average Bonchev–Trinajstić information content (AvgIpc) is 2.56. The van der Waals surface area contributed by atoms with Crippen molar-refractivity contribution in [2.75, 3.05) is 33.9 Å². The lowest BCUT2D eigenvalue weighted by molar-refractivity contribution is -0.123. The van der Waals surface area contributed by atoms with E-state index in [0.29, 0.717) is 24.4 Å². The van der Waals surface area contributed by atoms with Gasteiger partial charge >= 0.3 is 0 Å². The van der Waals surface area contributed by atoms with Crippen LogP contribution in [0.1, 0.15) is 16.8 Å². The fourth-order valence-corrected chi connectivity index (χ4v) is 1.79. The summed E-state index contributed by atoms with van der Waals surface area (Å²) in [6.45, 7) is 0.966. The van der Waals surface area contributed by atoms with Crippen molar-refractivity contribution in [3.63, 3.8) is 0 Å². The van der Waals surface area contributed by atoms with Crippen LogP contribution in [0.5, 0.6) is 5.75 Å². The number of nitrogens with one attached hydrogen (secondary N) is 2. The van der Waals surface area contributed by atoms with Gasteiger partial charge < -0.3 is 25.8 Å². The van der Waals surface area contributed by atoms with Crippen LogP contribution in [0.25, 0.3) is 0 Å². The monoisotopic (exact) mass is 309 g/mol. The zero-order valence-electron chi connectivity index (χ0n) is 12.9. The number of nitrogens with two attached hydrogens (primary N) is 1. The van der Waals surface area contributed by atoms with E-state index in [1.165, 1.54) is 7.11 Å². The van der Waals surface area contributed by atoms with Crippen LogP contribution >= 0.6 is 0 Å². The summed E-state index contributed by atoms with van der Waals surface area (Å²) < 4.78 is 10.1. The fourth-order valence-electron chi connectivity index (χ4n) is 1.79. The SMILES string of the molecule is COc1cccc(C(=O)NCCNC(=O)CC(CN)OC)c1. The molecule has 0 radical (unpaired) electrons. The zero-order valence-corrected chi connectivity index (χ0v) is 12.9. The molecule has 0 saturated heterocycles. The highest BCUT2D eigenvalue weighted by Crippen LogP contribution is 2.12. The van der Waals surface area contributed by atoms with Crippen LogP contribution < -0.4 is 21.1 Å². The second-order valence-corrected chi connectivity index (χ2v) is 4.64. The molecule has 0 heterocycles. The molecule has 0 fully saturated rings. The summed E-state index contributed by atoms with van der Waals surface area (Å²) in [5, 5.41) is 5.42. The topological polar surface area (TPSA) is 103 Å². The van der Waals surface area contributed by atoms with E-state index in [9.17, 15) is 9.59 Å². The highest BCUT2D eigenvalue weighted by Gasteiger charge is 2.11. The van der Waals surface area contributed by atoms with Crippen LogP contribution in [0, 0.1) is 0 Å². The first-order valence-corrected chi connectivity index (χ1v) is 7.02. The van der Waals surface area contributed by atoms with Gasteiger partial charge in [-0.2, -0.15) is 0 Å². The van der Waals surface area contributed by atoms with Crippen LogP contribution in [0.3, 0.4) is 0 Å². The van der Waals surface area contributed by atoms with Gasteiger partial charge in [-0.05, 0) is 18.2 Å². The Hall–Kier alpha value is -2.12. The number of rotatable bonds is 9. The maximum absolute atomic E-state index is 11.9. The Morgan fingerprint density at radius 3 is 2.59 bits per heavy atom. The molecule has 0 spiro atoms. The Morgan fingerprint density at radius 2 is 1.95 bits per heavy atom. The number of amides is 2. The molecule has 0 aliphatic heterocycles. The minimum atomic E-state index is -0.286. The lowest BCUT2D eigenvalue weighted by Gasteiger charge is -2.12. The number of ether oxygens (including phenoxy) is 2. The zero-order chi connectivity index (χ0) is 16.4. The number of benzene rings is 1. The minimum absolute atomic E-state index is 0.159. The molecule has 0 aliphatic rings. The highest BCUT2D eigenvalue weighted by molar-refractivity contribution is 5.94. The van der Waals surface area contributed by atoms with Crippen molar-refractivity contribution in [3.05, 3.63) is 29.8 Å². The van der Waals surface area contributed by atoms with Gasteiger partial charge in [0.25, 0.3) is 5.91 Å². The molecule has 2 amide bonds. The van der Waals surface area contributed by atoms with E-state index in [1.54, 1.807) is 31.4 Å². The Labute approximate surface area is 130 Å². The van der Waals surface area contributed by atoms with Gasteiger partial charge in [0.1, 0.15) is 5.75 Å². The van der Waals surface area contributed by atoms with Gasteiger partial charge in [-0.1, -0.05) is 6.07 Å². The fraction of sp³-hybridized carbons (Fsp3) is 0.467. The van der Waals surface area contributed by atoms with Crippen molar-refractivity contribution in [1.82, 2.24) is 10.6 Å². The molecule has 7 heteroatoms. The highest BCUT2D eigenvalue weighted by atomic mass is 16.5. The first kappa shape index (κ1) is 17.9. The van der Waals surface area contributed by atoms with Gasteiger partial charge in [0.05, 0.1) is 19.6 Å². The standard InChI is InChI=1S/C15H23N3O4/c1-21-12-5-3-4-11(8-12)15(20)18-7-6-17-14(19)9-13(10-16)22-2/h3-5,8,13H,6-7,9-10,16H2,1-2H3,(H,17,19)(H,18,20). The summed E-state index contributed by atoms with van der Waals surface area (Å²) in [5.41, 5.74) is 5.95. The number of carbonyl (C=O) groups excluding carboxylic acids is 2. The average molecular weight is 309 g/mol. The molecule has 22 heavy (non-hydrogen) atoms. The molecule has 0 aromatic heterocycles. The number of carbonyl (C=O) groups is 2. The predicted molar refractivity (Wildman–Crippen MR) is 82.8 cm³/mol. The summed E-state index contributed by atoms with van der Waals surface area (Å²) in [7, 11) is 3.06. The summed E-state index contributed by atoms with van der Waals surface area (Å²) >= 11 is 0. The van der Waals surface area contributed by atoms with E-state index in [2.05, 4.69) is 10.6 Å². The summed E-state index contributed by atoms with van der Waals surface area (Å²) in [6, 6.07) is 6.85. The molecule has 122 valence electrons. The largest absolute Gasteiger partial charge is 0.497 e. The molecule has 0 saturated carbocycles. The first-order valence-electron chi connectivity index (χ1n) is 7.02. The molecule has 1 unspecified atom stereocenters. The summed E-state index contributed by atoms with van der Waals surface area (Å²) in [4.78, 5) is 23.5. The van der Waals surface area contributed by atoms with Crippen molar-refractivity contribution < 1.29 is 19.1 Å². The van der Waals surface area contributed by atoms with Crippen LogP contribution in [-0.2, 0) is 9.53 Å². The van der Waals surface area contributed by atoms with Crippen LogP contribution in [0.15, 0.2) is 24.3 Å². The maximum Gasteiger partial charge on any atom is 0.251 e. The summed E-state index contributed by atoms with van der Waals surface area (Å²) in [5.74, 6) is 0.242. The van der Waals surface area contributed by atoms with E-state index >= 15 is 0 Å². The van der Waals surface area contributed by atoms with E-state index in [4.69, 9.17) is 15.2 Å². The van der Waals surface area contributed by atoms with Crippen molar-refractivity contribution in [3.8, 4) is 5.75 Å². The predicted octanol–water partition coefficient (Wildman–Crippen LogP) is -0.0950. The Bertz CT molecular complexity index is 489. The molecule has 0 bridgehead atoms. The minimum Gasteiger partial charge on any atom is -0.497 e. The van der Waals surface area contributed by atoms with Crippen molar-refractivity contribution in [1.29, 1.82) is 0 Å². The second-order valence-electron chi connectivity index (χ2n) is 4.64. The van der Waals surface area contributed by atoms with E-state index in [-0.39, 0.29) is 30.9 Å². The normalized spacial score (nSPS) is 11.6. The molecule has 7 nitrogen and oxygen atoms in total.